The zero-order chi connectivity index (χ0) is 14.0. The molecule has 0 saturated heterocycles. The zero-order valence-corrected chi connectivity index (χ0v) is 11.5. The van der Waals surface area contributed by atoms with Crippen LogP contribution < -0.4 is 0 Å². The van der Waals surface area contributed by atoms with E-state index in [9.17, 15) is 9.59 Å². The van der Waals surface area contributed by atoms with Gasteiger partial charge >= 0.3 is 5.97 Å². The molecule has 2 rings (SSSR count). The maximum Gasteiger partial charge on any atom is 0.331 e. The minimum atomic E-state index is -0.809. The first-order valence-corrected chi connectivity index (χ1v) is 6.43. The number of ether oxygens (including phenoxy) is 1. The summed E-state index contributed by atoms with van der Waals surface area (Å²) >= 11 is 0. The first-order chi connectivity index (χ1) is 8.94. The highest BCUT2D eigenvalue weighted by Gasteiger charge is 2.43. The van der Waals surface area contributed by atoms with Gasteiger partial charge in [0.05, 0.1) is 0 Å². The van der Waals surface area contributed by atoms with E-state index in [0.717, 1.165) is 11.1 Å². The molecule has 0 fully saturated rings. The van der Waals surface area contributed by atoms with Gasteiger partial charge in [-0.2, -0.15) is 0 Å². The molecule has 1 aliphatic heterocycles. The SMILES string of the molecule is CC(=O)C[C@H](C)[C@]1(c2ccc(C)cc2)C=CC(=O)O1. The Balaban J connectivity index is 2.41. The van der Waals surface area contributed by atoms with Crippen molar-refractivity contribution in [3.05, 3.63) is 47.5 Å². The molecular weight excluding hydrogens is 240 g/mol. The number of cyclic esters (lactones) is 1. The van der Waals surface area contributed by atoms with Crippen molar-refractivity contribution >= 4 is 11.8 Å². The van der Waals surface area contributed by atoms with Crippen molar-refractivity contribution in [3.63, 3.8) is 0 Å². The topological polar surface area (TPSA) is 43.4 Å². The standard InChI is InChI=1S/C16H18O3/c1-11-4-6-14(7-5-11)16(9-8-15(18)19-16)12(2)10-13(3)17/h4-9,12H,10H2,1-3H3/t12-,16-/m0/s1. The summed E-state index contributed by atoms with van der Waals surface area (Å²) in [6, 6.07) is 7.87. The Bertz CT molecular complexity index is 527. The Morgan fingerprint density at radius 1 is 1.32 bits per heavy atom. The number of ketones is 1. The van der Waals surface area contributed by atoms with Gasteiger partial charge in [-0.15, -0.1) is 0 Å². The second-order valence-electron chi connectivity index (χ2n) is 5.22. The van der Waals surface area contributed by atoms with E-state index in [1.54, 1.807) is 13.0 Å². The number of Topliss-reactive ketones (excluding diaryl/α,β-unsaturated/α-hetero) is 1. The summed E-state index contributed by atoms with van der Waals surface area (Å²) < 4.78 is 5.54. The molecule has 1 aromatic rings. The van der Waals surface area contributed by atoms with Crippen molar-refractivity contribution in [1.82, 2.24) is 0 Å². The minimum absolute atomic E-state index is 0.0876. The Morgan fingerprint density at radius 3 is 2.42 bits per heavy atom. The predicted octanol–water partition coefficient (Wildman–Crippen LogP) is 2.92. The molecule has 3 heteroatoms. The third-order valence-electron chi connectivity index (χ3n) is 3.56. The summed E-state index contributed by atoms with van der Waals surface area (Å²) in [6.45, 7) is 5.50. The molecule has 3 nitrogen and oxygen atoms in total. The van der Waals surface area contributed by atoms with Gasteiger partial charge in [-0.3, -0.25) is 0 Å². The van der Waals surface area contributed by atoms with Crippen LogP contribution in [-0.4, -0.2) is 11.8 Å². The number of aryl methyl sites for hydroxylation is 1. The number of rotatable bonds is 4. The fraction of sp³-hybridized carbons (Fsp3) is 0.375. The van der Waals surface area contributed by atoms with Gasteiger partial charge in [0.15, 0.2) is 5.60 Å². The van der Waals surface area contributed by atoms with E-state index in [1.165, 1.54) is 6.08 Å². The average Bonchev–Trinajstić information content (AvgIpc) is 2.73. The smallest absolute Gasteiger partial charge is 0.331 e. The number of hydrogen-bond donors (Lipinski definition) is 0. The molecule has 100 valence electrons. The monoisotopic (exact) mass is 258 g/mol. The van der Waals surface area contributed by atoms with Gasteiger partial charge < -0.3 is 9.53 Å². The van der Waals surface area contributed by atoms with Gasteiger partial charge in [0.25, 0.3) is 0 Å². The molecule has 0 bridgehead atoms. The molecule has 0 aromatic heterocycles. The van der Waals surface area contributed by atoms with Crippen LogP contribution in [0.3, 0.4) is 0 Å². The van der Waals surface area contributed by atoms with Gasteiger partial charge in [-0.25, -0.2) is 4.79 Å². The summed E-state index contributed by atoms with van der Waals surface area (Å²) in [6.07, 6.45) is 3.59. The van der Waals surface area contributed by atoms with Crippen LogP contribution in [0.5, 0.6) is 0 Å². The summed E-state index contributed by atoms with van der Waals surface area (Å²) in [5.74, 6) is -0.346. The summed E-state index contributed by atoms with van der Waals surface area (Å²) in [5, 5.41) is 0. The molecule has 1 aliphatic rings. The Labute approximate surface area is 113 Å². The van der Waals surface area contributed by atoms with Crippen LogP contribution in [0.4, 0.5) is 0 Å². The maximum atomic E-state index is 11.5. The van der Waals surface area contributed by atoms with Crippen LogP contribution in [0.1, 0.15) is 31.4 Å². The van der Waals surface area contributed by atoms with Gasteiger partial charge in [0.1, 0.15) is 5.78 Å². The van der Waals surface area contributed by atoms with Gasteiger partial charge in [-0.1, -0.05) is 36.8 Å². The maximum absolute atomic E-state index is 11.5. The number of esters is 1. The third-order valence-corrected chi connectivity index (χ3v) is 3.56. The lowest BCUT2D eigenvalue weighted by Crippen LogP contribution is -2.34. The normalized spacial score (nSPS) is 23.2. The van der Waals surface area contributed by atoms with E-state index in [2.05, 4.69) is 0 Å². The van der Waals surface area contributed by atoms with Crippen molar-refractivity contribution in [2.75, 3.05) is 0 Å². The van der Waals surface area contributed by atoms with Gasteiger partial charge in [-0.05, 0) is 25.5 Å². The third kappa shape index (κ3) is 2.60. The lowest BCUT2D eigenvalue weighted by molar-refractivity contribution is -0.151. The Morgan fingerprint density at radius 2 is 1.95 bits per heavy atom. The highest BCUT2D eigenvalue weighted by Crippen LogP contribution is 2.40. The minimum Gasteiger partial charge on any atom is -0.446 e. The van der Waals surface area contributed by atoms with E-state index >= 15 is 0 Å². The average molecular weight is 258 g/mol. The fourth-order valence-electron chi connectivity index (χ4n) is 2.53. The zero-order valence-electron chi connectivity index (χ0n) is 11.5. The van der Waals surface area contributed by atoms with Crippen molar-refractivity contribution in [1.29, 1.82) is 0 Å². The van der Waals surface area contributed by atoms with Gasteiger partial charge in [0.2, 0.25) is 0 Å². The second-order valence-corrected chi connectivity index (χ2v) is 5.22. The van der Waals surface area contributed by atoms with Crippen molar-refractivity contribution in [3.8, 4) is 0 Å². The molecule has 19 heavy (non-hydrogen) atoms. The lowest BCUT2D eigenvalue weighted by atomic mass is 9.80. The van der Waals surface area contributed by atoms with Crippen LogP contribution in [0, 0.1) is 12.8 Å². The molecule has 0 N–H and O–H groups in total. The summed E-state index contributed by atoms with van der Waals surface area (Å²) in [4.78, 5) is 22.9. The summed E-state index contributed by atoms with van der Waals surface area (Å²) in [5.41, 5.74) is 1.25. The lowest BCUT2D eigenvalue weighted by Gasteiger charge is -2.33. The quantitative estimate of drug-likeness (QED) is 0.780. The molecule has 0 radical (unpaired) electrons. The number of benzene rings is 1. The molecule has 2 atom stereocenters. The second kappa shape index (κ2) is 5.00. The van der Waals surface area contributed by atoms with Crippen LogP contribution in [0.2, 0.25) is 0 Å². The fourth-order valence-corrected chi connectivity index (χ4v) is 2.53. The number of carbonyl (C=O) groups is 2. The van der Waals surface area contributed by atoms with Crippen molar-refractivity contribution in [2.45, 2.75) is 32.8 Å². The molecule has 0 spiro atoms. The molecule has 0 unspecified atom stereocenters. The van der Waals surface area contributed by atoms with Crippen LogP contribution in [0.15, 0.2) is 36.4 Å². The molecule has 1 heterocycles. The van der Waals surface area contributed by atoms with Gasteiger partial charge in [0, 0.05) is 18.4 Å². The molecular formula is C16H18O3. The van der Waals surface area contributed by atoms with E-state index in [1.807, 2.05) is 38.1 Å². The first kappa shape index (κ1) is 13.5. The van der Waals surface area contributed by atoms with E-state index in [-0.39, 0.29) is 17.7 Å². The van der Waals surface area contributed by atoms with E-state index in [0.29, 0.717) is 6.42 Å². The number of carbonyl (C=O) groups excluding carboxylic acids is 2. The van der Waals surface area contributed by atoms with Crippen LogP contribution >= 0.6 is 0 Å². The van der Waals surface area contributed by atoms with Crippen molar-refractivity contribution < 1.29 is 14.3 Å². The molecule has 0 saturated carbocycles. The van der Waals surface area contributed by atoms with E-state index < -0.39 is 5.60 Å². The van der Waals surface area contributed by atoms with Crippen LogP contribution in [0.25, 0.3) is 0 Å². The Kier molecular flexibility index (Phi) is 3.56. The van der Waals surface area contributed by atoms with Crippen molar-refractivity contribution in [2.24, 2.45) is 5.92 Å². The molecule has 1 aromatic carbocycles. The highest BCUT2D eigenvalue weighted by molar-refractivity contribution is 5.86. The Hall–Kier alpha value is -1.90. The molecule has 0 amide bonds. The predicted molar refractivity (Wildman–Crippen MR) is 72.6 cm³/mol. The highest BCUT2D eigenvalue weighted by atomic mass is 16.6. The largest absolute Gasteiger partial charge is 0.446 e. The first-order valence-electron chi connectivity index (χ1n) is 6.43. The summed E-state index contributed by atoms with van der Waals surface area (Å²) in [7, 11) is 0. The molecule has 0 aliphatic carbocycles. The number of hydrogen-bond acceptors (Lipinski definition) is 3. The van der Waals surface area contributed by atoms with E-state index in [4.69, 9.17) is 4.74 Å². The van der Waals surface area contributed by atoms with Crippen LogP contribution in [-0.2, 0) is 19.9 Å².